The van der Waals surface area contributed by atoms with Crippen molar-refractivity contribution in [3.63, 3.8) is 0 Å². The predicted molar refractivity (Wildman–Crippen MR) is 61.1 cm³/mol. The zero-order chi connectivity index (χ0) is 11.7. The molecule has 1 amide bonds. The summed E-state index contributed by atoms with van der Waals surface area (Å²) in [5.74, 6) is 4.65. The van der Waals surface area contributed by atoms with E-state index in [4.69, 9.17) is 5.84 Å². The summed E-state index contributed by atoms with van der Waals surface area (Å²) in [6, 6.07) is 4.95. The zero-order valence-electron chi connectivity index (χ0n) is 8.71. The number of nitrogens with two attached hydrogens (primary N) is 1. The highest BCUT2D eigenvalue weighted by atomic mass is 16.2. The van der Waals surface area contributed by atoms with E-state index >= 15 is 0 Å². The summed E-state index contributed by atoms with van der Waals surface area (Å²) < 4.78 is 0. The van der Waals surface area contributed by atoms with E-state index in [9.17, 15) is 9.82 Å². The van der Waals surface area contributed by atoms with Crippen molar-refractivity contribution < 1.29 is 9.82 Å². The molecular formula is C9H11BN4O2. The third kappa shape index (κ3) is 1.66. The van der Waals surface area contributed by atoms with Gasteiger partial charge in [-0.3, -0.25) is 10.2 Å². The molecule has 0 spiro atoms. The average Bonchev–Trinajstić information content (AvgIpc) is 2.32. The largest absolute Gasteiger partial charge is 0.466 e. The predicted octanol–water partition coefficient (Wildman–Crippen LogP) is -1.74. The van der Waals surface area contributed by atoms with Gasteiger partial charge in [0, 0.05) is 12.6 Å². The Kier molecular flexibility index (Phi) is 2.63. The minimum absolute atomic E-state index is 0.389. The van der Waals surface area contributed by atoms with Crippen LogP contribution in [0.15, 0.2) is 23.3 Å². The molecule has 82 valence electrons. The van der Waals surface area contributed by atoms with E-state index in [1.165, 1.54) is 4.92 Å². The molecule has 7 heteroatoms. The van der Waals surface area contributed by atoms with Crippen molar-refractivity contribution in [3.8, 4) is 0 Å². The number of carbonyl (C=O) groups excluding carboxylic acids is 1. The smallest absolute Gasteiger partial charge is 0.428 e. The lowest BCUT2D eigenvalue weighted by Crippen LogP contribution is -2.48. The number of nitrogens with one attached hydrogen (secondary N) is 1. The Labute approximate surface area is 92.8 Å². The summed E-state index contributed by atoms with van der Waals surface area (Å²) in [6.07, 6.45) is 1.63. The fraction of sp³-hybridized carbons (Fsp3) is 0.111. The summed E-state index contributed by atoms with van der Waals surface area (Å²) in [7, 11) is 0.810. The van der Waals surface area contributed by atoms with Crippen molar-refractivity contribution in [1.29, 1.82) is 0 Å². The molecule has 1 aromatic rings. The van der Waals surface area contributed by atoms with Crippen LogP contribution in [0.4, 0.5) is 0 Å². The van der Waals surface area contributed by atoms with Gasteiger partial charge in [0.25, 0.3) is 5.91 Å². The molecule has 1 aliphatic rings. The maximum absolute atomic E-state index is 11.3. The number of carbonyl (C=O) groups is 1. The van der Waals surface area contributed by atoms with Crippen LogP contribution in [-0.2, 0) is 0 Å². The van der Waals surface area contributed by atoms with Crippen LogP contribution in [0, 0.1) is 0 Å². The van der Waals surface area contributed by atoms with Crippen LogP contribution < -0.4 is 16.7 Å². The molecule has 4 N–H and O–H groups in total. The minimum atomic E-state index is -0.842. The molecule has 1 heterocycles. The topological polar surface area (TPSA) is 91.0 Å². The first kappa shape index (κ1) is 10.7. The molecule has 0 atom stereocenters. The highest BCUT2D eigenvalue weighted by molar-refractivity contribution is 6.65. The van der Waals surface area contributed by atoms with Crippen molar-refractivity contribution in [2.24, 2.45) is 10.9 Å². The summed E-state index contributed by atoms with van der Waals surface area (Å²) >= 11 is 0. The number of amides is 1. The summed E-state index contributed by atoms with van der Waals surface area (Å²) in [5, 5.41) is 13.8. The second-order valence-electron chi connectivity index (χ2n) is 3.51. The molecule has 0 radical (unpaired) electrons. The van der Waals surface area contributed by atoms with Gasteiger partial charge in [-0.1, -0.05) is 6.07 Å². The molecule has 0 bridgehead atoms. The molecule has 0 fully saturated rings. The van der Waals surface area contributed by atoms with Gasteiger partial charge in [0.2, 0.25) is 0 Å². The lowest BCUT2D eigenvalue weighted by molar-refractivity contribution is 0.0953. The maximum Gasteiger partial charge on any atom is 0.466 e. The summed E-state index contributed by atoms with van der Waals surface area (Å²) in [6.45, 7) is 0. The number of hydrogen-bond acceptors (Lipinski definition) is 5. The van der Waals surface area contributed by atoms with Gasteiger partial charge in [-0.05, 0) is 23.2 Å². The first-order valence-corrected chi connectivity index (χ1v) is 4.73. The van der Waals surface area contributed by atoms with Crippen LogP contribution >= 0.6 is 0 Å². The van der Waals surface area contributed by atoms with Crippen LogP contribution in [0.3, 0.4) is 0 Å². The van der Waals surface area contributed by atoms with Crippen LogP contribution in [0.1, 0.15) is 15.9 Å². The van der Waals surface area contributed by atoms with Crippen LogP contribution in [0.2, 0.25) is 0 Å². The molecule has 0 aliphatic carbocycles. The van der Waals surface area contributed by atoms with E-state index < -0.39 is 7.05 Å². The van der Waals surface area contributed by atoms with Crippen LogP contribution in [-0.4, -0.2) is 36.2 Å². The molecule has 2 rings (SSSR count). The zero-order valence-corrected chi connectivity index (χ0v) is 8.71. The van der Waals surface area contributed by atoms with Gasteiger partial charge >= 0.3 is 7.05 Å². The molecular weight excluding hydrogens is 207 g/mol. The van der Waals surface area contributed by atoms with E-state index in [0.717, 1.165) is 5.56 Å². The van der Waals surface area contributed by atoms with E-state index in [1.807, 2.05) is 5.43 Å². The molecule has 6 nitrogen and oxygen atoms in total. The monoisotopic (exact) mass is 218 g/mol. The Balaban J connectivity index is 2.45. The average molecular weight is 218 g/mol. The van der Waals surface area contributed by atoms with E-state index in [0.29, 0.717) is 11.0 Å². The van der Waals surface area contributed by atoms with E-state index in [-0.39, 0.29) is 5.91 Å². The number of hydrazine groups is 1. The van der Waals surface area contributed by atoms with Gasteiger partial charge in [0.15, 0.2) is 0 Å². The van der Waals surface area contributed by atoms with Crippen LogP contribution in [0.5, 0.6) is 0 Å². The fourth-order valence-electron chi connectivity index (χ4n) is 1.56. The fourth-order valence-corrected chi connectivity index (χ4v) is 1.56. The standard InChI is InChI=1S/C9H11BN4O2/c1-14-10(16)8-4-6(9(15)13-11)2-3-7(8)5-12-14/h2-5,16H,11H2,1H3,(H,13,15). The van der Waals surface area contributed by atoms with Gasteiger partial charge in [-0.2, -0.15) is 5.10 Å². The highest BCUT2D eigenvalue weighted by Crippen LogP contribution is 2.06. The van der Waals surface area contributed by atoms with Gasteiger partial charge in [-0.15, -0.1) is 0 Å². The molecule has 0 saturated heterocycles. The second kappa shape index (κ2) is 3.95. The normalized spacial score (nSPS) is 13.7. The Bertz CT molecular complexity index is 463. The Morgan fingerprint density at radius 1 is 1.62 bits per heavy atom. The number of hydrazone groups is 1. The van der Waals surface area contributed by atoms with Gasteiger partial charge in [0.1, 0.15) is 0 Å². The number of hydrogen-bond donors (Lipinski definition) is 3. The second-order valence-corrected chi connectivity index (χ2v) is 3.51. The van der Waals surface area contributed by atoms with Crippen molar-refractivity contribution >= 4 is 24.6 Å². The third-order valence-electron chi connectivity index (χ3n) is 2.49. The van der Waals surface area contributed by atoms with Crippen molar-refractivity contribution in [3.05, 3.63) is 29.3 Å². The van der Waals surface area contributed by atoms with E-state index in [2.05, 4.69) is 5.10 Å². The summed E-state index contributed by atoms with van der Waals surface area (Å²) in [4.78, 5) is 12.7. The van der Waals surface area contributed by atoms with Gasteiger partial charge in [-0.25, -0.2) is 5.84 Å². The first-order chi connectivity index (χ1) is 7.63. The lowest BCUT2D eigenvalue weighted by Gasteiger charge is -2.22. The Morgan fingerprint density at radius 2 is 2.38 bits per heavy atom. The Morgan fingerprint density at radius 3 is 3.06 bits per heavy atom. The van der Waals surface area contributed by atoms with E-state index in [1.54, 1.807) is 31.5 Å². The van der Waals surface area contributed by atoms with Crippen LogP contribution in [0.25, 0.3) is 0 Å². The minimum Gasteiger partial charge on any atom is -0.428 e. The molecule has 0 aromatic heterocycles. The lowest BCUT2D eigenvalue weighted by atomic mass is 9.69. The highest BCUT2D eigenvalue weighted by Gasteiger charge is 2.26. The number of nitrogen functional groups attached to an aromatic ring is 1. The molecule has 1 aliphatic heterocycles. The number of benzene rings is 1. The summed E-state index contributed by atoms with van der Waals surface area (Å²) in [5.41, 5.74) is 3.88. The number of nitrogens with zero attached hydrogens (tertiary/aromatic N) is 2. The van der Waals surface area contributed by atoms with Crippen molar-refractivity contribution in [2.45, 2.75) is 0 Å². The Hall–Kier alpha value is -1.86. The number of fused-ring (bicyclic) bond motifs is 1. The van der Waals surface area contributed by atoms with Gasteiger partial charge < -0.3 is 9.94 Å². The SMILES string of the molecule is CN1N=Cc2ccc(C(=O)NN)cc2B1O. The molecule has 0 saturated carbocycles. The molecule has 16 heavy (non-hydrogen) atoms. The molecule has 0 unspecified atom stereocenters. The van der Waals surface area contributed by atoms with Gasteiger partial charge in [0.05, 0.1) is 6.21 Å². The van der Waals surface area contributed by atoms with Crippen molar-refractivity contribution in [1.82, 2.24) is 10.3 Å². The number of rotatable bonds is 1. The quantitative estimate of drug-likeness (QED) is 0.226. The first-order valence-electron chi connectivity index (χ1n) is 4.73. The van der Waals surface area contributed by atoms with Crippen molar-refractivity contribution in [2.75, 3.05) is 7.05 Å². The maximum atomic E-state index is 11.3. The molecule has 1 aromatic carbocycles. The third-order valence-corrected chi connectivity index (χ3v) is 2.49.